The summed E-state index contributed by atoms with van der Waals surface area (Å²) in [6, 6.07) is 6.35. The zero-order valence-corrected chi connectivity index (χ0v) is 11.4. The molecule has 2 rings (SSSR count). The number of aliphatic hydroxyl groups is 1. The third-order valence-corrected chi connectivity index (χ3v) is 2.91. The fraction of sp³-hybridized carbons (Fsp3) is 0.500. The molecule has 1 aliphatic heterocycles. The van der Waals surface area contributed by atoms with E-state index in [1.54, 1.807) is 18.2 Å². The molecule has 0 bridgehead atoms. The van der Waals surface area contributed by atoms with Crippen molar-refractivity contribution >= 4 is 24.8 Å². The van der Waals surface area contributed by atoms with E-state index in [4.69, 9.17) is 0 Å². The van der Waals surface area contributed by atoms with Gasteiger partial charge in [0, 0.05) is 17.1 Å². The summed E-state index contributed by atoms with van der Waals surface area (Å²) in [7, 11) is 0. The summed E-state index contributed by atoms with van der Waals surface area (Å²) in [4.78, 5) is 0. The Labute approximate surface area is 113 Å². The second-order valence-electron chi connectivity index (χ2n) is 4.81. The van der Waals surface area contributed by atoms with Gasteiger partial charge in [-0.2, -0.15) is 0 Å². The van der Waals surface area contributed by atoms with E-state index in [0.29, 0.717) is 5.56 Å². The number of aliphatic hydroxyl groups excluding tert-OH is 1. The van der Waals surface area contributed by atoms with Gasteiger partial charge < -0.3 is 10.4 Å². The topological polar surface area (TPSA) is 32.3 Å². The Bertz CT molecular complexity index is 365. The highest BCUT2D eigenvalue weighted by Gasteiger charge is 2.40. The summed E-state index contributed by atoms with van der Waals surface area (Å²) >= 11 is 0. The van der Waals surface area contributed by atoms with Crippen molar-refractivity contribution in [3.05, 3.63) is 35.6 Å². The van der Waals surface area contributed by atoms with E-state index in [0.717, 1.165) is 6.42 Å². The lowest BCUT2D eigenvalue weighted by atomic mass is 9.80. The molecule has 5 heteroatoms. The fourth-order valence-corrected chi connectivity index (χ4v) is 2.15. The number of hydrogen-bond acceptors (Lipinski definition) is 2. The van der Waals surface area contributed by atoms with Gasteiger partial charge in [0.2, 0.25) is 0 Å². The van der Waals surface area contributed by atoms with Gasteiger partial charge in [0.1, 0.15) is 5.82 Å². The highest BCUT2D eigenvalue weighted by Crippen LogP contribution is 2.32. The molecule has 0 spiro atoms. The van der Waals surface area contributed by atoms with Crippen LogP contribution in [0.15, 0.2) is 24.3 Å². The molecule has 2 N–H and O–H groups in total. The van der Waals surface area contributed by atoms with Gasteiger partial charge >= 0.3 is 0 Å². The van der Waals surface area contributed by atoms with E-state index in [1.165, 1.54) is 6.07 Å². The van der Waals surface area contributed by atoms with E-state index in [1.807, 2.05) is 0 Å². The van der Waals surface area contributed by atoms with E-state index in [2.05, 4.69) is 19.2 Å². The molecule has 0 aliphatic carbocycles. The first-order valence-electron chi connectivity index (χ1n) is 5.20. The molecule has 17 heavy (non-hydrogen) atoms. The molecule has 0 saturated carbocycles. The van der Waals surface area contributed by atoms with Crippen molar-refractivity contribution in [1.29, 1.82) is 0 Å². The molecule has 1 saturated heterocycles. The van der Waals surface area contributed by atoms with Crippen molar-refractivity contribution in [1.82, 2.24) is 5.32 Å². The average molecular weight is 282 g/mol. The average Bonchev–Trinajstić information content (AvgIpc) is 2.14. The lowest BCUT2D eigenvalue weighted by Gasteiger charge is -2.46. The summed E-state index contributed by atoms with van der Waals surface area (Å²) in [6.45, 7) is 4.13. The van der Waals surface area contributed by atoms with E-state index >= 15 is 0 Å². The minimum atomic E-state index is -0.751. The van der Waals surface area contributed by atoms with Crippen LogP contribution in [0.25, 0.3) is 0 Å². The number of benzene rings is 1. The summed E-state index contributed by atoms with van der Waals surface area (Å²) in [5, 5.41) is 13.2. The number of nitrogens with one attached hydrogen (secondary N) is 1. The van der Waals surface area contributed by atoms with Crippen LogP contribution in [0, 0.1) is 5.82 Å². The molecule has 1 fully saturated rings. The van der Waals surface area contributed by atoms with Crippen LogP contribution in [0.3, 0.4) is 0 Å². The third-order valence-electron chi connectivity index (χ3n) is 2.91. The zero-order chi connectivity index (χ0) is 11.1. The van der Waals surface area contributed by atoms with Gasteiger partial charge in [0.05, 0.1) is 6.10 Å². The number of rotatable bonds is 2. The maximum atomic E-state index is 13.4. The van der Waals surface area contributed by atoms with Crippen molar-refractivity contribution in [3.8, 4) is 0 Å². The predicted octanol–water partition coefficient (Wildman–Crippen LogP) is 2.84. The van der Waals surface area contributed by atoms with Crippen molar-refractivity contribution < 1.29 is 9.50 Å². The molecule has 0 aromatic heterocycles. The Balaban J connectivity index is 0.00000128. The molecule has 2 nitrogen and oxygen atoms in total. The Hall–Kier alpha value is -0.350. The van der Waals surface area contributed by atoms with E-state index < -0.39 is 6.10 Å². The Morgan fingerprint density at radius 2 is 1.88 bits per heavy atom. The Morgan fingerprint density at radius 3 is 2.35 bits per heavy atom. The first-order valence-corrected chi connectivity index (χ1v) is 5.20. The molecule has 0 radical (unpaired) electrons. The van der Waals surface area contributed by atoms with E-state index in [9.17, 15) is 9.50 Å². The zero-order valence-electron chi connectivity index (χ0n) is 9.81. The molecule has 2 atom stereocenters. The fourth-order valence-electron chi connectivity index (χ4n) is 2.15. The summed E-state index contributed by atoms with van der Waals surface area (Å²) in [5.41, 5.74) is 0.446. The van der Waals surface area contributed by atoms with Gasteiger partial charge in [-0.05, 0) is 26.3 Å². The largest absolute Gasteiger partial charge is 0.387 e. The van der Waals surface area contributed by atoms with Crippen molar-refractivity contribution in [2.45, 2.75) is 38.0 Å². The smallest absolute Gasteiger partial charge is 0.129 e. The van der Waals surface area contributed by atoms with Gasteiger partial charge in [-0.15, -0.1) is 24.8 Å². The summed E-state index contributed by atoms with van der Waals surface area (Å²) in [6.07, 6.45) is 0.113. The van der Waals surface area contributed by atoms with E-state index in [-0.39, 0.29) is 42.2 Å². The molecule has 1 aromatic rings. The second-order valence-corrected chi connectivity index (χ2v) is 4.81. The lowest BCUT2D eigenvalue weighted by Crippen LogP contribution is -2.62. The summed E-state index contributed by atoms with van der Waals surface area (Å²) in [5.74, 6) is -0.337. The molecule has 1 aromatic carbocycles. The van der Waals surface area contributed by atoms with Crippen molar-refractivity contribution in [2.75, 3.05) is 0 Å². The monoisotopic (exact) mass is 281 g/mol. The minimum Gasteiger partial charge on any atom is -0.387 e. The van der Waals surface area contributed by atoms with Crippen LogP contribution in [0.2, 0.25) is 0 Å². The Kier molecular flexibility index (Phi) is 5.88. The van der Waals surface area contributed by atoms with Crippen LogP contribution < -0.4 is 5.32 Å². The highest BCUT2D eigenvalue weighted by molar-refractivity contribution is 5.85. The van der Waals surface area contributed by atoms with Crippen molar-refractivity contribution in [3.63, 3.8) is 0 Å². The first kappa shape index (κ1) is 16.6. The van der Waals surface area contributed by atoms with Gasteiger partial charge in [-0.1, -0.05) is 18.2 Å². The summed E-state index contributed by atoms with van der Waals surface area (Å²) < 4.78 is 13.4. The van der Waals surface area contributed by atoms with Crippen LogP contribution in [-0.2, 0) is 0 Å². The molecule has 1 aliphatic rings. The molecular weight excluding hydrogens is 264 g/mol. The van der Waals surface area contributed by atoms with Crippen LogP contribution in [0.1, 0.15) is 31.9 Å². The standard InChI is InChI=1S/C12H16FNO.2ClH/c1-12(2)7-10(14-12)11(15)8-5-3-4-6-9(8)13;;/h3-6,10-11,14-15H,7H2,1-2H3;2*1H/t10-,11-;;/m1../s1. The molecule has 1 heterocycles. The van der Waals surface area contributed by atoms with Gasteiger partial charge in [0.15, 0.2) is 0 Å². The maximum Gasteiger partial charge on any atom is 0.129 e. The van der Waals surface area contributed by atoms with Gasteiger partial charge in [0.25, 0.3) is 0 Å². The molecule has 0 unspecified atom stereocenters. The highest BCUT2D eigenvalue weighted by atomic mass is 35.5. The molecule has 0 amide bonds. The maximum absolute atomic E-state index is 13.4. The minimum absolute atomic E-state index is 0. The number of halogens is 3. The van der Waals surface area contributed by atoms with Crippen LogP contribution in [-0.4, -0.2) is 16.7 Å². The SMILES string of the molecule is CC1(C)C[C@H]([C@H](O)c2ccccc2F)N1.Cl.Cl. The van der Waals surface area contributed by atoms with Gasteiger partial charge in [-0.25, -0.2) is 4.39 Å². The van der Waals surface area contributed by atoms with Gasteiger partial charge in [-0.3, -0.25) is 0 Å². The van der Waals surface area contributed by atoms with Crippen LogP contribution >= 0.6 is 24.8 Å². The van der Waals surface area contributed by atoms with Crippen LogP contribution in [0.5, 0.6) is 0 Å². The van der Waals surface area contributed by atoms with Crippen LogP contribution in [0.4, 0.5) is 4.39 Å². The Morgan fingerprint density at radius 1 is 1.35 bits per heavy atom. The number of hydrogen-bond donors (Lipinski definition) is 2. The quantitative estimate of drug-likeness (QED) is 0.874. The van der Waals surface area contributed by atoms with Crippen molar-refractivity contribution in [2.24, 2.45) is 0 Å². The molecule has 98 valence electrons. The first-order chi connectivity index (χ1) is 6.99. The third kappa shape index (κ3) is 3.55. The normalized spacial score (nSPS) is 22.7. The predicted molar refractivity (Wildman–Crippen MR) is 71.5 cm³/mol. The lowest BCUT2D eigenvalue weighted by molar-refractivity contribution is 0.0369. The molecular formula is C12H18Cl2FNO. The second kappa shape index (κ2) is 6.01.